The van der Waals surface area contributed by atoms with E-state index in [0.29, 0.717) is 19.1 Å². The van der Waals surface area contributed by atoms with Crippen LogP contribution in [0, 0.1) is 5.92 Å². The molecule has 1 aliphatic heterocycles. The van der Waals surface area contributed by atoms with E-state index in [0.717, 1.165) is 17.9 Å². The second-order valence-corrected chi connectivity index (χ2v) is 5.45. The average Bonchev–Trinajstić information content (AvgIpc) is 2.52. The Balaban J connectivity index is 1.94. The number of hydrogen-bond donors (Lipinski definition) is 1. The van der Waals surface area contributed by atoms with Crippen molar-refractivity contribution < 1.29 is 14.3 Å². The Kier molecular flexibility index (Phi) is 3.69. The largest absolute Gasteiger partial charge is 0.497 e. The molecule has 1 N–H and O–H groups in total. The monoisotopic (exact) mass is 285 g/mol. The summed E-state index contributed by atoms with van der Waals surface area (Å²) in [6.45, 7) is 2.83. The van der Waals surface area contributed by atoms with Crippen LogP contribution in [0.15, 0.2) is 30.3 Å². The molecule has 4 heteroatoms. The molecule has 0 unspecified atom stereocenters. The third-order valence-electron chi connectivity index (χ3n) is 3.90. The highest BCUT2D eigenvalue weighted by molar-refractivity contribution is 5.89. The lowest BCUT2D eigenvalue weighted by molar-refractivity contribution is -0.119. The van der Waals surface area contributed by atoms with Crippen LogP contribution in [0.1, 0.15) is 12.5 Å². The molecule has 0 fully saturated rings. The van der Waals surface area contributed by atoms with Crippen molar-refractivity contribution >= 4 is 16.7 Å². The van der Waals surface area contributed by atoms with Crippen molar-refractivity contribution in [1.82, 2.24) is 5.32 Å². The van der Waals surface area contributed by atoms with Crippen LogP contribution >= 0.6 is 0 Å². The van der Waals surface area contributed by atoms with E-state index in [1.54, 1.807) is 7.11 Å². The standard InChI is InChI=1S/C17H19NO3/c1-11(19)18-9-12-7-16-15-8-14(20-2)5-3-13(15)4-6-17(16)21-10-12/h3-6,8,12H,7,9-10H2,1-2H3,(H,18,19)/t12-/m1/s1. The van der Waals surface area contributed by atoms with E-state index >= 15 is 0 Å². The molecule has 110 valence electrons. The average molecular weight is 285 g/mol. The van der Waals surface area contributed by atoms with Gasteiger partial charge in [0, 0.05) is 24.9 Å². The molecule has 1 atom stereocenters. The number of ether oxygens (including phenoxy) is 2. The molecule has 1 aliphatic rings. The van der Waals surface area contributed by atoms with Gasteiger partial charge in [-0.15, -0.1) is 0 Å². The van der Waals surface area contributed by atoms with Gasteiger partial charge in [-0.1, -0.05) is 12.1 Å². The molecular formula is C17H19NO3. The van der Waals surface area contributed by atoms with Crippen molar-refractivity contribution in [3.63, 3.8) is 0 Å². The molecule has 0 radical (unpaired) electrons. The maximum atomic E-state index is 11.1. The van der Waals surface area contributed by atoms with Crippen LogP contribution < -0.4 is 14.8 Å². The predicted molar refractivity (Wildman–Crippen MR) is 81.9 cm³/mol. The third-order valence-corrected chi connectivity index (χ3v) is 3.90. The summed E-state index contributed by atoms with van der Waals surface area (Å²) < 4.78 is 11.2. The summed E-state index contributed by atoms with van der Waals surface area (Å²) in [6, 6.07) is 10.2. The van der Waals surface area contributed by atoms with Crippen LogP contribution in [0.3, 0.4) is 0 Å². The van der Waals surface area contributed by atoms with E-state index in [2.05, 4.69) is 23.5 Å². The number of methoxy groups -OCH3 is 1. The Morgan fingerprint density at radius 3 is 2.95 bits per heavy atom. The SMILES string of the molecule is COc1ccc2ccc3c(c2c1)C[C@H](CNC(C)=O)CO3. The normalized spacial score (nSPS) is 17.0. The van der Waals surface area contributed by atoms with Crippen molar-refractivity contribution in [1.29, 1.82) is 0 Å². The van der Waals surface area contributed by atoms with Crippen molar-refractivity contribution in [2.45, 2.75) is 13.3 Å². The third kappa shape index (κ3) is 2.79. The zero-order valence-electron chi connectivity index (χ0n) is 12.3. The summed E-state index contributed by atoms with van der Waals surface area (Å²) in [5.74, 6) is 2.09. The fraction of sp³-hybridized carbons (Fsp3) is 0.353. The summed E-state index contributed by atoms with van der Waals surface area (Å²) >= 11 is 0. The van der Waals surface area contributed by atoms with Gasteiger partial charge in [0.1, 0.15) is 11.5 Å². The van der Waals surface area contributed by atoms with Crippen LogP contribution in [-0.2, 0) is 11.2 Å². The van der Waals surface area contributed by atoms with Gasteiger partial charge in [0.25, 0.3) is 0 Å². The van der Waals surface area contributed by atoms with Gasteiger partial charge in [-0.2, -0.15) is 0 Å². The van der Waals surface area contributed by atoms with E-state index in [1.807, 2.05) is 12.1 Å². The Morgan fingerprint density at radius 2 is 2.19 bits per heavy atom. The molecule has 21 heavy (non-hydrogen) atoms. The number of amides is 1. The molecule has 3 rings (SSSR count). The minimum absolute atomic E-state index is 0.000357. The van der Waals surface area contributed by atoms with Gasteiger partial charge in [0.15, 0.2) is 0 Å². The van der Waals surface area contributed by atoms with Gasteiger partial charge >= 0.3 is 0 Å². The predicted octanol–water partition coefficient (Wildman–Crippen LogP) is 2.54. The van der Waals surface area contributed by atoms with Gasteiger partial charge in [-0.25, -0.2) is 0 Å². The Bertz CT molecular complexity index is 676. The Labute approximate surface area is 124 Å². The first-order valence-corrected chi connectivity index (χ1v) is 7.14. The first kappa shape index (κ1) is 13.7. The van der Waals surface area contributed by atoms with E-state index in [-0.39, 0.29) is 5.91 Å². The van der Waals surface area contributed by atoms with E-state index in [9.17, 15) is 4.79 Å². The van der Waals surface area contributed by atoms with Crippen LogP contribution in [0.25, 0.3) is 10.8 Å². The molecule has 0 spiro atoms. The van der Waals surface area contributed by atoms with E-state index in [4.69, 9.17) is 9.47 Å². The minimum atomic E-state index is 0.000357. The molecule has 0 aromatic heterocycles. The number of carbonyl (C=O) groups is 1. The van der Waals surface area contributed by atoms with Crippen LogP contribution in [0.4, 0.5) is 0 Å². The second-order valence-electron chi connectivity index (χ2n) is 5.45. The Morgan fingerprint density at radius 1 is 1.38 bits per heavy atom. The number of carbonyl (C=O) groups excluding carboxylic acids is 1. The molecule has 1 amide bonds. The highest BCUT2D eigenvalue weighted by atomic mass is 16.5. The number of rotatable bonds is 3. The van der Waals surface area contributed by atoms with Crippen molar-refractivity contribution in [2.24, 2.45) is 5.92 Å². The maximum Gasteiger partial charge on any atom is 0.216 e. The molecule has 0 saturated carbocycles. The highest BCUT2D eigenvalue weighted by Gasteiger charge is 2.22. The summed E-state index contributed by atoms with van der Waals surface area (Å²) in [5, 5.41) is 5.22. The fourth-order valence-corrected chi connectivity index (χ4v) is 2.79. The quantitative estimate of drug-likeness (QED) is 0.942. The summed E-state index contributed by atoms with van der Waals surface area (Å²) in [6.07, 6.45) is 0.903. The molecule has 0 aliphatic carbocycles. The van der Waals surface area contributed by atoms with Gasteiger partial charge in [0.2, 0.25) is 5.91 Å². The van der Waals surface area contributed by atoms with Crippen molar-refractivity contribution in [2.75, 3.05) is 20.3 Å². The molecule has 4 nitrogen and oxygen atoms in total. The van der Waals surface area contributed by atoms with Crippen LogP contribution in [0.2, 0.25) is 0 Å². The minimum Gasteiger partial charge on any atom is -0.497 e. The van der Waals surface area contributed by atoms with Gasteiger partial charge < -0.3 is 14.8 Å². The summed E-state index contributed by atoms with van der Waals surface area (Å²) in [7, 11) is 1.67. The first-order valence-electron chi connectivity index (χ1n) is 7.14. The summed E-state index contributed by atoms with van der Waals surface area (Å²) in [5.41, 5.74) is 1.20. The first-order chi connectivity index (χ1) is 10.2. The maximum absolute atomic E-state index is 11.1. The lowest BCUT2D eigenvalue weighted by Crippen LogP contribution is -2.33. The Hall–Kier alpha value is -2.23. The number of nitrogens with one attached hydrogen (secondary N) is 1. The zero-order valence-corrected chi connectivity index (χ0v) is 12.3. The van der Waals surface area contributed by atoms with Crippen LogP contribution in [-0.4, -0.2) is 26.2 Å². The van der Waals surface area contributed by atoms with Gasteiger partial charge in [-0.05, 0) is 35.4 Å². The van der Waals surface area contributed by atoms with Gasteiger partial charge in [-0.3, -0.25) is 4.79 Å². The molecule has 2 aromatic carbocycles. The molecule has 2 aromatic rings. The summed E-state index contributed by atoms with van der Waals surface area (Å²) in [4.78, 5) is 11.1. The lowest BCUT2D eigenvalue weighted by atomic mass is 9.92. The molecule has 0 bridgehead atoms. The smallest absolute Gasteiger partial charge is 0.216 e. The van der Waals surface area contributed by atoms with Crippen molar-refractivity contribution in [3.05, 3.63) is 35.9 Å². The number of fused-ring (bicyclic) bond motifs is 3. The highest BCUT2D eigenvalue weighted by Crippen LogP contribution is 2.35. The number of benzene rings is 2. The van der Waals surface area contributed by atoms with Gasteiger partial charge in [0.05, 0.1) is 13.7 Å². The molecule has 1 heterocycles. The fourth-order valence-electron chi connectivity index (χ4n) is 2.79. The topological polar surface area (TPSA) is 47.6 Å². The molecular weight excluding hydrogens is 266 g/mol. The van der Waals surface area contributed by atoms with E-state index < -0.39 is 0 Å². The second kappa shape index (κ2) is 5.64. The van der Waals surface area contributed by atoms with Crippen molar-refractivity contribution in [3.8, 4) is 11.5 Å². The molecule has 0 saturated heterocycles. The van der Waals surface area contributed by atoms with E-state index in [1.165, 1.54) is 23.3 Å². The number of hydrogen-bond acceptors (Lipinski definition) is 3. The zero-order chi connectivity index (χ0) is 14.8. The lowest BCUT2D eigenvalue weighted by Gasteiger charge is -2.26. The van der Waals surface area contributed by atoms with Crippen LogP contribution in [0.5, 0.6) is 11.5 Å².